The molecule has 5 nitrogen and oxygen atoms in total. The van der Waals surface area contributed by atoms with Gasteiger partial charge in [0.1, 0.15) is 5.56 Å². The van der Waals surface area contributed by atoms with Crippen molar-refractivity contribution in [1.82, 2.24) is 15.2 Å². The number of carbonyl (C=O) groups excluding carboxylic acids is 1. The summed E-state index contributed by atoms with van der Waals surface area (Å²) < 4.78 is 0. The Morgan fingerprint density at radius 2 is 1.85 bits per heavy atom. The second-order valence-corrected chi connectivity index (χ2v) is 5.93. The molecule has 108 valence electrons. The Kier molecular flexibility index (Phi) is 3.61. The lowest BCUT2D eigenvalue weighted by Crippen LogP contribution is -2.36. The van der Waals surface area contributed by atoms with Crippen LogP contribution >= 0.6 is 0 Å². The Hall–Kier alpha value is -1.62. The Bertz CT molecular complexity index is 552. The van der Waals surface area contributed by atoms with Crippen LogP contribution in [-0.2, 0) is 0 Å². The van der Waals surface area contributed by atoms with Crippen LogP contribution in [-0.4, -0.2) is 42.0 Å². The van der Waals surface area contributed by atoms with E-state index in [0.29, 0.717) is 11.8 Å². The molecule has 1 amide bonds. The van der Waals surface area contributed by atoms with E-state index < -0.39 is 0 Å². The average molecular weight is 275 g/mol. The van der Waals surface area contributed by atoms with Crippen LogP contribution in [0, 0.1) is 18.8 Å². The zero-order chi connectivity index (χ0) is 14.1. The van der Waals surface area contributed by atoms with Gasteiger partial charge in [-0.25, -0.2) is 0 Å². The van der Waals surface area contributed by atoms with Gasteiger partial charge in [-0.15, -0.1) is 0 Å². The van der Waals surface area contributed by atoms with Crippen LogP contribution in [0.1, 0.15) is 28.9 Å². The third-order valence-electron chi connectivity index (χ3n) is 4.59. The number of carbonyl (C=O) groups is 1. The fourth-order valence-electron chi connectivity index (χ4n) is 3.33. The number of aryl methyl sites for hydroxylation is 1. The topological polar surface area (TPSA) is 65.2 Å². The first-order valence-electron chi connectivity index (χ1n) is 7.35. The molecule has 1 aromatic heterocycles. The third-order valence-corrected chi connectivity index (χ3v) is 4.59. The lowest BCUT2D eigenvalue weighted by atomic mass is 9.92. The van der Waals surface area contributed by atoms with Crippen LogP contribution in [0.4, 0.5) is 0 Å². The van der Waals surface area contributed by atoms with Crippen molar-refractivity contribution < 1.29 is 4.79 Å². The largest absolute Gasteiger partial charge is 0.338 e. The monoisotopic (exact) mass is 275 g/mol. The van der Waals surface area contributed by atoms with Gasteiger partial charge >= 0.3 is 0 Å². The first-order valence-corrected chi connectivity index (χ1v) is 7.35. The van der Waals surface area contributed by atoms with Crippen molar-refractivity contribution in [3.63, 3.8) is 0 Å². The molecule has 0 bridgehead atoms. The van der Waals surface area contributed by atoms with Crippen molar-refractivity contribution in [2.75, 3.05) is 26.2 Å². The van der Waals surface area contributed by atoms with E-state index in [-0.39, 0.29) is 17.0 Å². The van der Waals surface area contributed by atoms with E-state index in [9.17, 15) is 9.59 Å². The van der Waals surface area contributed by atoms with Crippen molar-refractivity contribution in [2.45, 2.75) is 19.8 Å². The molecule has 20 heavy (non-hydrogen) atoms. The van der Waals surface area contributed by atoms with Crippen molar-refractivity contribution in [3.8, 4) is 0 Å². The maximum Gasteiger partial charge on any atom is 0.260 e. The highest BCUT2D eigenvalue weighted by Crippen LogP contribution is 2.27. The summed E-state index contributed by atoms with van der Waals surface area (Å²) in [6, 6.07) is 3.43. The van der Waals surface area contributed by atoms with E-state index in [0.717, 1.165) is 44.7 Å². The minimum atomic E-state index is -0.277. The van der Waals surface area contributed by atoms with Gasteiger partial charge in [-0.3, -0.25) is 9.59 Å². The summed E-state index contributed by atoms with van der Waals surface area (Å²) in [5.41, 5.74) is 0.768. The molecule has 0 saturated carbocycles. The molecule has 2 N–H and O–H groups in total. The summed E-state index contributed by atoms with van der Waals surface area (Å²) >= 11 is 0. The molecule has 0 spiro atoms. The quantitative estimate of drug-likeness (QED) is 0.795. The van der Waals surface area contributed by atoms with Crippen LogP contribution in [0.15, 0.2) is 16.9 Å². The van der Waals surface area contributed by atoms with E-state index in [1.54, 1.807) is 12.1 Å². The van der Waals surface area contributed by atoms with Gasteiger partial charge in [-0.2, -0.15) is 0 Å². The number of rotatable bonds is 1. The van der Waals surface area contributed by atoms with Crippen molar-refractivity contribution in [1.29, 1.82) is 0 Å². The van der Waals surface area contributed by atoms with Crippen molar-refractivity contribution in [2.24, 2.45) is 11.8 Å². The number of hydrogen-bond acceptors (Lipinski definition) is 3. The zero-order valence-corrected chi connectivity index (χ0v) is 11.8. The number of aromatic amines is 1. The molecule has 2 aliphatic heterocycles. The van der Waals surface area contributed by atoms with Crippen LogP contribution in [0.25, 0.3) is 0 Å². The predicted octanol–water partition coefficient (Wildman–Crippen LogP) is 0.755. The molecule has 2 saturated heterocycles. The molecule has 0 radical (unpaired) electrons. The maximum atomic E-state index is 12.5. The van der Waals surface area contributed by atoms with Gasteiger partial charge in [0.05, 0.1) is 0 Å². The normalized spacial score (nSPS) is 26.1. The fraction of sp³-hybridized carbons (Fsp3) is 0.600. The summed E-state index contributed by atoms with van der Waals surface area (Å²) in [6.45, 7) is 5.47. The van der Waals surface area contributed by atoms with Gasteiger partial charge in [0.2, 0.25) is 0 Å². The van der Waals surface area contributed by atoms with E-state index >= 15 is 0 Å². The number of pyridine rings is 1. The van der Waals surface area contributed by atoms with E-state index in [1.165, 1.54) is 0 Å². The molecule has 2 aliphatic rings. The number of likely N-dealkylation sites (tertiary alicyclic amines) is 1. The molecule has 0 unspecified atom stereocenters. The van der Waals surface area contributed by atoms with Crippen LogP contribution in [0.5, 0.6) is 0 Å². The third kappa shape index (κ3) is 2.50. The van der Waals surface area contributed by atoms with Gasteiger partial charge < -0.3 is 15.2 Å². The number of hydrogen-bond donors (Lipinski definition) is 2. The lowest BCUT2D eigenvalue weighted by molar-refractivity contribution is 0.0756. The fourth-order valence-corrected chi connectivity index (χ4v) is 3.33. The molecule has 5 heteroatoms. The number of aromatic nitrogens is 1. The first kappa shape index (κ1) is 13.4. The summed E-state index contributed by atoms with van der Waals surface area (Å²) in [7, 11) is 0. The van der Waals surface area contributed by atoms with Gasteiger partial charge in [-0.05, 0) is 56.8 Å². The van der Waals surface area contributed by atoms with Crippen LogP contribution < -0.4 is 10.9 Å². The molecule has 1 aromatic rings. The summed E-state index contributed by atoms with van der Waals surface area (Å²) in [5, 5.41) is 3.42. The standard InChI is InChI=1S/C15H21N3O2/c1-10-2-3-13(14(19)17-10)15(20)18-6-4-11-8-16-9-12(11)5-7-18/h2-3,11-12,16H,4-9H2,1H3,(H,17,19)/t11-,12+. The van der Waals surface area contributed by atoms with Crippen molar-refractivity contribution >= 4 is 5.91 Å². The highest BCUT2D eigenvalue weighted by molar-refractivity contribution is 5.93. The predicted molar refractivity (Wildman–Crippen MR) is 76.8 cm³/mol. The molecule has 0 aliphatic carbocycles. The first-order chi connectivity index (χ1) is 9.65. The van der Waals surface area contributed by atoms with Gasteiger partial charge in [-0.1, -0.05) is 0 Å². The zero-order valence-electron chi connectivity index (χ0n) is 11.8. The highest BCUT2D eigenvalue weighted by Gasteiger charge is 2.32. The number of nitrogens with one attached hydrogen (secondary N) is 2. The lowest BCUT2D eigenvalue weighted by Gasteiger charge is -2.20. The van der Waals surface area contributed by atoms with Crippen LogP contribution in [0.2, 0.25) is 0 Å². The average Bonchev–Trinajstić information content (AvgIpc) is 2.77. The Balaban J connectivity index is 1.75. The Morgan fingerprint density at radius 1 is 1.20 bits per heavy atom. The van der Waals surface area contributed by atoms with E-state index in [1.807, 2.05) is 11.8 Å². The minimum Gasteiger partial charge on any atom is -0.338 e. The van der Waals surface area contributed by atoms with Crippen LogP contribution in [0.3, 0.4) is 0 Å². The van der Waals surface area contributed by atoms with Crippen molar-refractivity contribution in [3.05, 3.63) is 33.7 Å². The molecule has 0 aromatic carbocycles. The van der Waals surface area contributed by atoms with Gasteiger partial charge in [0.15, 0.2) is 0 Å². The van der Waals surface area contributed by atoms with Gasteiger partial charge in [0, 0.05) is 18.8 Å². The molecule has 3 rings (SSSR count). The number of fused-ring (bicyclic) bond motifs is 1. The minimum absolute atomic E-state index is 0.126. The Labute approximate surface area is 118 Å². The summed E-state index contributed by atoms with van der Waals surface area (Å²) in [6.07, 6.45) is 2.07. The highest BCUT2D eigenvalue weighted by atomic mass is 16.2. The molecular formula is C15H21N3O2. The Morgan fingerprint density at radius 3 is 2.45 bits per heavy atom. The molecule has 2 atom stereocenters. The second kappa shape index (κ2) is 5.40. The van der Waals surface area contributed by atoms with E-state index in [2.05, 4.69) is 10.3 Å². The van der Waals surface area contributed by atoms with E-state index in [4.69, 9.17) is 0 Å². The number of amides is 1. The number of nitrogens with zero attached hydrogens (tertiary/aromatic N) is 1. The van der Waals surface area contributed by atoms with Gasteiger partial charge in [0.25, 0.3) is 11.5 Å². The SMILES string of the molecule is Cc1ccc(C(=O)N2CC[C@@H]3CNC[C@@H]3CC2)c(=O)[nH]1. The molecule has 2 fully saturated rings. The smallest absolute Gasteiger partial charge is 0.260 e. The second-order valence-electron chi connectivity index (χ2n) is 5.93. The maximum absolute atomic E-state index is 12.5. The summed E-state index contributed by atoms with van der Waals surface area (Å²) in [5.74, 6) is 1.24. The number of H-pyrrole nitrogens is 1. The molecule has 3 heterocycles. The summed E-state index contributed by atoms with van der Waals surface area (Å²) in [4.78, 5) is 28.9. The molecular weight excluding hydrogens is 254 g/mol.